The van der Waals surface area contributed by atoms with Gasteiger partial charge in [-0.3, -0.25) is 0 Å². The molecule has 0 aromatic carbocycles. The number of aromatic nitrogens is 4. The first-order valence-corrected chi connectivity index (χ1v) is 5.48. The second-order valence-corrected chi connectivity index (χ2v) is 4.75. The third-order valence-electron chi connectivity index (χ3n) is 2.36. The number of rotatable bonds is 6. The van der Waals surface area contributed by atoms with Crippen LogP contribution in [0.2, 0.25) is 0 Å². The van der Waals surface area contributed by atoms with Gasteiger partial charge in [-0.2, -0.15) is 0 Å². The molecule has 1 rings (SSSR count). The van der Waals surface area contributed by atoms with E-state index in [1.165, 1.54) is 0 Å². The topological polar surface area (TPSA) is 64.9 Å². The van der Waals surface area contributed by atoms with Gasteiger partial charge in [-0.1, -0.05) is 13.8 Å². The SMILES string of the molecule is COC(C)(C)Cn1nnnc1CNC(C)C. The highest BCUT2D eigenvalue weighted by molar-refractivity contribution is 4.83. The van der Waals surface area contributed by atoms with E-state index < -0.39 is 0 Å². The second kappa shape index (κ2) is 5.36. The van der Waals surface area contributed by atoms with Crippen molar-refractivity contribution < 1.29 is 4.74 Å². The summed E-state index contributed by atoms with van der Waals surface area (Å²) in [6.07, 6.45) is 0. The van der Waals surface area contributed by atoms with Crippen LogP contribution in [0.5, 0.6) is 0 Å². The number of tetrazole rings is 1. The molecule has 6 nitrogen and oxygen atoms in total. The lowest BCUT2D eigenvalue weighted by Crippen LogP contribution is -2.32. The van der Waals surface area contributed by atoms with Crippen LogP contribution in [0.15, 0.2) is 0 Å². The third kappa shape index (κ3) is 3.86. The molecule has 1 aromatic rings. The molecule has 0 amide bonds. The lowest BCUT2D eigenvalue weighted by molar-refractivity contribution is 0.00422. The molecule has 16 heavy (non-hydrogen) atoms. The van der Waals surface area contributed by atoms with Crippen LogP contribution in [0.4, 0.5) is 0 Å². The molecule has 0 fully saturated rings. The van der Waals surface area contributed by atoms with Crippen molar-refractivity contribution in [3.63, 3.8) is 0 Å². The zero-order valence-electron chi connectivity index (χ0n) is 10.7. The highest BCUT2D eigenvalue weighted by Crippen LogP contribution is 2.10. The number of methoxy groups -OCH3 is 1. The summed E-state index contributed by atoms with van der Waals surface area (Å²) in [4.78, 5) is 0. The first kappa shape index (κ1) is 13.1. The Bertz CT molecular complexity index is 321. The molecule has 0 atom stereocenters. The lowest BCUT2D eigenvalue weighted by atomic mass is 10.1. The molecule has 0 unspecified atom stereocenters. The summed E-state index contributed by atoms with van der Waals surface area (Å²) in [6.45, 7) is 9.51. The van der Waals surface area contributed by atoms with Crippen LogP contribution in [0.3, 0.4) is 0 Å². The van der Waals surface area contributed by atoms with Crippen LogP contribution >= 0.6 is 0 Å². The van der Waals surface area contributed by atoms with E-state index in [1.807, 2.05) is 13.8 Å². The smallest absolute Gasteiger partial charge is 0.165 e. The van der Waals surface area contributed by atoms with Crippen molar-refractivity contribution in [2.45, 2.75) is 52.4 Å². The number of nitrogens with zero attached hydrogens (tertiary/aromatic N) is 4. The van der Waals surface area contributed by atoms with Gasteiger partial charge in [-0.25, -0.2) is 4.68 Å². The summed E-state index contributed by atoms with van der Waals surface area (Å²) in [7, 11) is 1.69. The number of nitrogens with one attached hydrogen (secondary N) is 1. The molecular formula is C10H21N5O. The van der Waals surface area contributed by atoms with E-state index in [0.29, 0.717) is 19.1 Å². The maximum absolute atomic E-state index is 5.35. The van der Waals surface area contributed by atoms with Gasteiger partial charge >= 0.3 is 0 Å². The minimum absolute atomic E-state index is 0.262. The average molecular weight is 227 g/mol. The Hall–Kier alpha value is -1.01. The summed E-state index contributed by atoms with van der Waals surface area (Å²) >= 11 is 0. The van der Waals surface area contributed by atoms with Crippen LogP contribution in [0.1, 0.15) is 33.5 Å². The summed E-state index contributed by atoms with van der Waals surface area (Å²) < 4.78 is 7.13. The molecule has 0 aliphatic rings. The van der Waals surface area contributed by atoms with E-state index in [2.05, 4.69) is 34.7 Å². The van der Waals surface area contributed by atoms with E-state index >= 15 is 0 Å². The number of hydrogen-bond acceptors (Lipinski definition) is 5. The van der Waals surface area contributed by atoms with Gasteiger partial charge in [-0.15, -0.1) is 5.10 Å². The monoisotopic (exact) mass is 227 g/mol. The first-order valence-electron chi connectivity index (χ1n) is 5.48. The van der Waals surface area contributed by atoms with Crippen LogP contribution < -0.4 is 5.32 Å². The highest BCUT2D eigenvalue weighted by Gasteiger charge is 2.20. The molecule has 0 aliphatic carbocycles. The van der Waals surface area contributed by atoms with Crippen molar-refractivity contribution >= 4 is 0 Å². The maximum Gasteiger partial charge on any atom is 0.165 e. The Kier molecular flexibility index (Phi) is 4.37. The second-order valence-electron chi connectivity index (χ2n) is 4.75. The van der Waals surface area contributed by atoms with Crippen molar-refractivity contribution in [2.75, 3.05) is 7.11 Å². The van der Waals surface area contributed by atoms with E-state index in [4.69, 9.17) is 4.74 Å². The van der Waals surface area contributed by atoms with Crippen LogP contribution in [0.25, 0.3) is 0 Å². The Morgan fingerprint density at radius 1 is 1.44 bits per heavy atom. The molecule has 1 N–H and O–H groups in total. The molecule has 92 valence electrons. The minimum atomic E-state index is -0.262. The summed E-state index contributed by atoms with van der Waals surface area (Å²) in [5, 5.41) is 14.9. The van der Waals surface area contributed by atoms with E-state index in [0.717, 1.165) is 5.82 Å². The molecule has 0 spiro atoms. The third-order valence-corrected chi connectivity index (χ3v) is 2.36. The Morgan fingerprint density at radius 3 is 2.69 bits per heavy atom. The summed E-state index contributed by atoms with van der Waals surface area (Å²) in [5.41, 5.74) is -0.262. The molecule has 0 bridgehead atoms. The standard InChI is InChI=1S/C10H21N5O/c1-8(2)11-6-9-12-13-14-15(9)7-10(3,4)16-5/h8,11H,6-7H2,1-5H3. The normalized spacial score (nSPS) is 12.4. The Labute approximate surface area is 96.4 Å². The van der Waals surface area contributed by atoms with Crippen LogP contribution in [-0.4, -0.2) is 39.0 Å². The van der Waals surface area contributed by atoms with E-state index in [-0.39, 0.29) is 5.60 Å². The van der Waals surface area contributed by atoms with Crippen LogP contribution in [0, 0.1) is 0 Å². The van der Waals surface area contributed by atoms with Gasteiger partial charge < -0.3 is 10.1 Å². The largest absolute Gasteiger partial charge is 0.377 e. The highest BCUT2D eigenvalue weighted by atomic mass is 16.5. The summed E-state index contributed by atoms with van der Waals surface area (Å²) in [6, 6.07) is 0.417. The minimum Gasteiger partial charge on any atom is -0.377 e. The van der Waals surface area contributed by atoms with Gasteiger partial charge in [0.05, 0.1) is 18.7 Å². The van der Waals surface area contributed by atoms with Gasteiger partial charge in [0, 0.05) is 13.2 Å². The zero-order valence-corrected chi connectivity index (χ0v) is 10.7. The van der Waals surface area contributed by atoms with E-state index in [9.17, 15) is 0 Å². The van der Waals surface area contributed by atoms with E-state index in [1.54, 1.807) is 11.8 Å². The molecule has 6 heteroatoms. The Balaban J connectivity index is 2.63. The van der Waals surface area contributed by atoms with Gasteiger partial charge in [0.15, 0.2) is 5.82 Å². The molecule has 0 radical (unpaired) electrons. The predicted molar refractivity (Wildman–Crippen MR) is 60.9 cm³/mol. The molecule has 1 aromatic heterocycles. The summed E-state index contributed by atoms with van der Waals surface area (Å²) in [5.74, 6) is 0.832. The van der Waals surface area contributed by atoms with Crippen molar-refractivity contribution in [2.24, 2.45) is 0 Å². The number of ether oxygens (including phenoxy) is 1. The van der Waals surface area contributed by atoms with Gasteiger partial charge in [0.2, 0.25) is 0 Å². The van der Waals surface area contributed by atoms with Gasteiger partial charge in [0.25, 0.3) is 0 Å². The van der Waals surface area contributed by atoms with Gasteiger partial charge in [0.1, 0.15) is 0 Å². The number of hydrogen-bond donors (Lipinski definition) is 1. The quantitative estimate of drug-likeness (QED) is 0.770. The molecule has 0 saturated heterocycles. The van der Waals surface area contributed by atoms with Crippen LogP contribution in [-0.2, 0) is 17.8 Å². The molecule has 0 saturated carbocycles. The fourth-order valence-electron chi connectivity index (χ4n) is 1.19. The Morgan fingerprint density at radius 2 is 2.12 bits per heavy atom. The van der Waals surface area contributed by atoms with Crippen molar-refractivity contribution in [3.05, 3.63) is 5.82 Å². The fourth-order valence-corrected chi connectivity index (χ4v) is 1.19. The molecule has 1 heterocycles. The lowest BCUT2D eigenvalue weighted by Gasteiger charge is -2.22. The first-order chi connectivity index (χ1) is 7.44. The predicted octanol–water partition coefficient (Wildman–Crippen LogP) is 0.596. The van der Waals surface area contributed by atoms with Gasteiger partial charge in [-0.05, 0) is 24.3 Å². The maximum atomic E-state index is 5.35. The van der Waals surface area contributed by atoms with Crippen molar-refractivity contribution in [1.82, 2.24) is 25.5 Å². The average Bonchev–Trinajstić information content (AvgIpc) is 2.61. The molecular weight excluding hydrogens is 206 g/mol. The van der Waals surface area contributed by atoms with Crippen molar-refractivity contribution in [3.8, 4) is 0 Å². The van der Waals surface area contributed by atoms with Crippen molar-refractivity contribution in [1.29, 1.82) is 0 Å². The fraction of sp³-hybridized carbons (Fsp3) is 0.900. The molecule has 0 aliphatic heterocycles. The zero-order chi connectivity index (χ0) is 12.2.